The normalized spacial score (nSPS) is 18.2. The van der Waals surface area contributed by atoms with Crippen LogP contribution in [0.15, 0.2) is 91.0 Å². The Hall–Kier alpha value is -3.39. The van der Waals surface area contributed by atoms with Crippen LogP contribution in [-0.4, -0.2) is 12.3 Å². The zero-order valence-electron chi connectivity index (χ0n) is 15.7. The van der Waals surface area contributed by atoms with Crippen LogP contribution in [0.1, 0.15) is 34.3 Å². The van der Waals surface area contributed by atoms with Gasteiger partial charge in [0, 0.05) is 28.9 Å². The van der Waals surface area contributed by atoms with Crippen molar-refractivity contribution in [3.63, 3.8) is 0 Å². The fourth-order valence-electron chi connectivity index (χ4n) is 4.56. The lowest BCUT2D eigenvalue weighted by atomic mass is 9.88. The lowest BCUT2D eigenvalue weighted by molar-refractivity contribution is 0.112. The molecule has 28 heavy (non-hydrogen) atoms. The van der Waals surface area contributed by atoms with Crippen LogP contribution >= 0.6 is 0 Å². The molecule has 0 aromatic heterocycles. The summed E-state index contributed by atoms with van der Waals surface area (Å²) in [6, 6.07) is 32.0. The van der Waals surface area contributed by atoms with Gasteiger partial charge >= 0.3 is 0 Å². The number of benzene rings is 4. The number of carbonyl (C=O) groups excluding carboxylic acids is 1. The van der Waals surface area contributed by atoms with Crippen LogP contribution in [0.4, 0.5) is 11.4 Å². The van der Waals surface area contributed by atoms with Gasteiger partial charge in [-0.25, -0.2) is 0 Å². The molecule has 5 rings (SSSR count). The van der Waals surface area contributed by atoms with Crippen molar-refractivity contribution in [2.45, 2.75) is 18.9 Å². The summed E-state index contributed by atoms with van der Waals surface area (Å²) in [5.74, 6) is 0.225. The van der Waals surface area contributed by atoms with Gasteiger partial charge in [0.2, 0.25) is 0 Å². The molecule has 136 valence electrons. The van der Waals surface area contributed by atoms with Gasteiger partial charge in [-0.1, -0.05) is 60.7 Å². The summed E-state index contributed by atoms with van der Waals surface area (Å²) in [6.45, 7) is 2.27. The van der Waals surface area contributed by atoms with Crippen LogP contribution < -0.4 is 4.90 Å². The van der Waals surface area contributed by atoms with Gasteiger partial charge in [0.15, 0.2) is 0 Å². The number of rotatable bonds is 3. The van der Waals surface area contributed by atoms with Crippen LogP contribution in [0.5, 0.6) is 0 Å². The smallest absolute Gasteiger partial charge is 0.150 e. The molecule has 0 spiro atoms. The first-order valence-corrected chi connectivity index (χ1v) is 9.68. The molecular formula is C26H21NO. The first kappa shape index (κ1) is 16.8. The zero-order valence-corrected chi connectivity index (χ0v) is 15.7. The summed E-state index contributed by atoms with van der Waals surface area (Å²) in [5, 5.41) is 2.48. The molecule has 0 saturated carbocycles. The Kier molecular flexibility index (Phi) is 3.98. The van der Waals surface area contributed by atoms with Crippen LogP contribution in [0.3, 0.4) is 0 Å². The number of hydrogen-bond acceptors (Lipinski definition) is 2. The Morgan fingerprint density at radius 1 is 0.786 bits per heavy atom. The van der Waals surface area contributed by atoms with Crippen LogP contribution in [0, 0.1) is 0 Å². The van der Waals surface area contributed by atoms with Gasteiger partial charge in [-0.05, 0) is 59.2 Å². The number of anilines is 2. The Labute approximate surface area is 165 Å². The molecule has 2 nitrogen and oxygen atoms in total. The molecule has 4 aromatic rings. The molecule has 0 saturated heterocycles. The van der Waals surface area contributed by atoms with Crippen LogP contribution in [-0.2, 0) is 0 Å². The third-order valence-electron chi connectivity index (χ3n) is 5.84. The number of nitrogens with zero attached hydrogens (tertiary/aromatic N) is 1. The van der Waals surface area contributed by atoms with E-state index in [0.717, 1.165) is 11.8 Å². The summed E-state index contributed by atoms with van der Waals surface area (Å²) in [4.78, 5) is 13.8. The predicted molar refractivity (Wildman–Crippen MR) is 116 cm³/mol. The fourth-order valence-corrected chi connectivity index (χ4v) is 4.56. The van der Waals surface area contributed by atoms with E-state index >= 15 is 0 Å². The Morgan fingerprint density at radius 3 is 2.32 bits per heavy atom. The van der Waals surface area contributed by atoms with E-state index in [1.54, 1.807) is 0 Å². The van der Waals surface area contributed by atoms with E-state index in [9.17, 15) is 4.79 Å². The molecule has 1 aliphatic rings. The van der Waals surface area contributed by atoms with Gasteiger partial charge in [0.05, 0.1) is 0 Å². The Bertz CT molecular complexity index is 1170. The lowest BCUT2D eigenvalue weighted by Crippen LogP contribution is -2.27. The van der Waals surface area contributed by atoms with Crippen molar-refractivity contribution in [2.75, 3.05) is 4.90 Å². The van der Waals surface area contributed by atoms with Gasteiger partial charge in [-0.15, -0.1) is 0 Å². The quantitative estimate of drug-likeness (QED) is 0.397. The molecule has 0 fully saturated rings. The number of fused-ring (bicyclic) bond motifs is 2. The van der Waals surface area contributed by atoms with E-state index in [0.29, 0.717) is 0 Å². The second kappa shape index (κ2) is 6.65. The highest BCUT2D eigenvalue weighted by atomic mass is 16.1. The van der Waals surface area contributed by atoms with Crippen molar-refractivity contribution in [1.29, 1.82) is 0 Å². The average Bonchev–Trinajstić information content (AvgIpc) is 3.04. The summed E-state index contributed by atoms with van der Waals surface area (Å²) in [5.41, 5.74) is 5.60. The van der Waals surface area contributed by atoms with Crippen LogP contribution in [0.25, 0.3) is 10.8 Å². The van der Waals surface area contributed by atoms with Gasteiger partial charge in [-0.3, -0.25) is 4.79 Å². The summed E-state index contributed by atoms with van der Waals surface area (Å²) in [7, 11) is 0. The minimum Gasteiger partial charge on any atom is -0.337 e. The van der Waals surface area contributed by atoms with E-state index in [-0.39, 0.29) is 12.0 Å². The second-order valence-corrected chi connectivity index (χ2v) is 7.47. The van der Waals surface area contributed by atoms with Gasteiger partial charge in [0.25, 0.3) is 0 Å². The minimum atomic E-state index is 0.225. The minimum absolute atomic E-state index is 0.225. The first-order valence-electron chi connectivity index (χ1n) is 9.68. The highest BCUT2D eigenvalue weighted by molar-refractivity contribution is 5.88. The van der Waals surface area contributed by atoms with Crippen molar-refractivity contribution in [2.24, 2.45) is 0 Å². The molecule has 1 heterocycles. The average molecular weight is 363 g/mol. The van der Waals surface area contributed by atoms with Crippen molar-refractivity contribution in [1.82, 2.24) is 0 Å². The zero-order chi connectivity index (χ0) is 19.1. The molecule has 0 radical (unpaired) electrons. The largest absolute Gasteiger partial charge is 0.337 e. The standard InChI is InChI=1S/C26H21NO/c1-18-26(21-8-3-2-4-9-21)24-15-19(17-28)11-14-25(24)27(18)23-13-12-20-7-5-6-10-22(20)16-23/h2-18,26H,1H3. The number of hydrogen-bond donors (Lipinski definition) is 0. The van der Waals surface area contributed by atoms with Crippen molar-refractivity contribution >= 4 is 28.4 Å². The highest BCUT2D eigenvalue weighted by Gasteiger charge is 2.37. The van der Waals surface area contributed by atoms with Crippen LogP contribution in [0.2, 0.25) is 0 Å². The molecule has 4 aromatic carbocycles. The third kappa shape index (κ3) is 2.61. The first-order chi connectivity index (χ1) is 13.8. The second-order valence-electron chi connectivity index (χ2n) is 7.47. The fraction of sp³-hybridized carbons (Fsp3) is 0.115. The SMILES string of the molecule is CC1C(c2ccccc2)c2cc(C=O)ccc2N1c1ccc2ccccc2c1. The predicted octanol–water partition coefficient (Wildman–Crippen LogP) is 6.32. The Balaban J connectivity index is 1.69. The molecule has 0 amide bonds. The van der Waals surface area contributed by atoms with Crippen molar-refractivity contribution in [3.8, 4) is 0 Å². The van der Waals surface area contributed by atoms with E-state index in [1.807, 2.05) is 12.1 Å². The summed E-state index contributed by atoms with van der Waals surface area (Å²) >= 11 is 0. The molecule has 2 unspecified atom stereocenters. The van der Waals surface area contributed by atoms with Crippen molar-refractivity contribution in [3.05, 3.63) is 108 Å². The highest BCUT2D eigenvalue weighted by Crippen LogP contribution is 2.48. The van der Waals surface area contributed by atoms with E-state index < -0.39 is 0 Å². The van der Waals surface area contributed by atoms with E-state index in [2.05, 4.69) is 90.7 Å². The van der Waals surface area contributed by atoms with Gasteiger partial charge in [-0.2, -0.15) is 0 Å². The molecule has 2 heteroatoms. The number of aldehydes is 1. The van der Waals surface area contributed by atoms with Gasteiger partial charge in [0.1, 0.15) is 6.29 Å². The molecule has 0 aliphatic carbocycles. The topological polar surface area (TPSA) is 20.3 Å². The molecule has 1 aliphatic heterocycles. The van der Waals surface area contributed by atoms with Gasteiger partial charge < -0.3 is 4.90 Å². The molecule has 2 atom stereocenters. The third-order valence-corrected chi connectivity index (χ3v) is 5.84. The van der Waals surface area contributed by atoms with E-state index in [1.165, 1.54) is 33.3 Å². The molecule has 0 bridgehead atoms. The van der Waals surface area contributed by atoms with Crippen molar-refractivity contribution < 1.29 is 4.79 Å². The monoisotopic (exact) mass is 363 g/mol. The maximum atomic E-state index is 11.4. The maximum absolute atomic E-state index is 11.4. The maximum Gasteiger partial charge on any atom is 0.150 e. The van der Waals surface area contributed by atoms with E-state index in [4.69, 9.17) is 0 Å². The number of carbonyl (C=O) groups is 1. The lowest BCUT2D eigenvalue weighted by Gasteiger charge is -2.28. The molecular weight excluding hydrogens is 342 g/mol. The summed E-state index contributed by atoms with van der Waals surface area (Å²) in [6.07, 6.45) is 0.936. The molecule has 0 N–H and O–H groups in total. The summed E-state index contributed by atoms with van der Waals surface area (Å²) < 4.78 is 0. The Morgan fingerprint density at radius 2 is 1.54 bits per heavy atom.